The maximum Gasteiger partial charge on any atom is 0.231 e. The molecule has 168 valence electrons. The molecule has 0 saturated heterocycles. The Morgan fingerprint density at radius 3 is 2.41 bits per heavy atom. The minimum absolute atomic E-state index is 0.129. The van der Waals surface area contributed by atoms with Gasteiger partial charge >= 0.3 is 0 Å². The van der Waals surface area contributed by atoms with E-state index in [-0.39, 0.29) is 52.4 Å². The van der Waals surface area contributed by atoms with Crippen LogP contribution >= 0.6 is 27.5 Å². The molecule has 4 rings (SSSR count). The number of halogens is 2. The van der Waals surface area contributed by atoms with Crippen LogP contribution in [0.2, 0.25) is 5.02 Å². The Labute approximate surface area is 199 Å². The zero-order valence-electron chi connectivity index (χ0n) is 17.9. The molecular weight excluding hydrogens is 500 g/mol. The van der Waals surface area contributed by atoms with Crippen LogP contribution in [0.25, 0.3) is 0 Å². The van der Waals surface area contributed by atoms with Gasteiger partial charge in [0.25, 0.3) is 0 Å². The minimum atomic E-state index is -1.50. The zero-order valence-corrected chi connectivity index (χ0v) is 20.2. The first-order chi connectivity index (χ1) is 15.3. The summed E-state index contributed by atoms with van der Waals surface area (Å²) in [6, 6.07) is 9.39. The van der Waals surface area contributed by atoms with E-state index in [2.05, 4.69) is 15.9 Å². The Bertz CT molecular complexity index is 1110. The van der Waals surface area contributed by atoms with Gasteiger partial charge < -0.3 is 18.9 Å². The van der Waals surface area contributed by atoms with Crippen LogP contribution in [-0.4, -0.2) is 31.4 Å². The van der Waals surface area contributed by atoms with Crippen LogP contribution in [0.5, 0.6) is 17.2 Å². The number of carbonyl (C=O) groups is 2. The maximum atomic E-state index is 13.8. The summed E-state index contributed by atoms with van der Waals surface area (Å²) in [7, 11) is 2.93. The van der Waals surface area contributed by atoms with Crippen molar-refractivity contribution in [2.45, 2.75) is 30.9 Å². The second-order valence-electron chi connectivity index (χ2n) is 7.78. The number of rotatable bonds is 6. The molecular formula is C24H22BrClO6. The number of hydrogen-bond acceptors (Lipinski definition) is 6. The second kappa shape index (κ2) is 8.79. The molecule has 2 aliphatic rings. The number of allylic oxidation sites excluding steroid dienone is 1. The molecule has 0 aromatic heterocycles. The number of hydrogen-bond donors (Lipinski definition) is 0. The van der Waals surface area contributed by atoms with Crippen molar-refractivity contribution in [3.63, 3.8) is 0 Å². The summed E-state index contributed by atoms with van der Waals surface area (Å²) in [4.78, 5) is 26.2. The fraction of sp³-hybridized carbons (Fsp3) is 0.333. The highest BCUT2D eigenvalue weighted by molar-refractivity contribution is 9.08. The predicted molar refractivity (Wildman–Crippen MR) is 123 cm³/mol. The molecule has 0 radical (unpaired) electrons. The Hall–Kier alpha value is -2.51. The van der Waals surface area contributed by atoms with Crippen molar-refractivity contribution in [1.29, 1.82) is 0 Å². The first-order valence-corrected chi connectivity index (χ1v) is 11.6. The predicted octanol–water partition coefficient (Wildman–Crippen LogP) is 5.28. The van der Waals surface area contributed by atoms with Gasteiger partial charge in [-0.1, -0.05) is 58.7 Å². The van der Waals surface area contributed by atoms with Crippen molar-refractivity contribution < 1.29 is 28.5 Å². The van der Waals surface area contributed by atoms with Gasteiger partial charge in [0, 0.05) is 29.8 Å². The van der Waals surface area contributed by atoms with Gasteiger partial charge in [0.2, 0.25) is 11.4 Å². The van der Waals surface area contributed by atoms with Gasteiger partial charge in [-0.25, -0.2) is 0 Å². The number of Topliss-reactive ketones (excluding diaryl/α,β-unsaturated/α-hetero) is 1. The summed E-state index contributed by atoms with van der Waals surface area (Å²) < 4.78 is 23.1. The molecule has 8 heteroatoms. The fourth-order valence-corrected chi connectivity index (χ4v) is 4.76. The van der Waals surface area contributed by atoms with E-state index in [0.717, 1.165) is 16.5 Å². The van der Waals surface area contributed by atoms with E-state index in [0.29, 0.717) is 5.75 Å². The first-order valence-electron chi connectivity index (χ1n) is 10.1. The Balaban J connectivity index is 1.74. The molecule has 32 heavy (non-hydrogen) atoms. The van der Waals surface area contributed by atoms with Crippen molar-refractivity contribution in [3.8, 4) is 17.2 Å². The van der Waals surface area contributed by atoms with Gasteiger partial charge in [-0.2, -0.15) is 0 Å². The largest absolute Gasteiger partial charge is 0.496 e. The highest BCUT2D eigenvalue weighted by Crippen LogP contribution is 2.54. The number of alkyl halides is 1. The minimum Gasteiger partial charge on any atom is -0.496 e. The van der Waals surface area contributed by atoms with Crippen LogP contribution in [-0.2, 0) is 21.5 Å². The molecule has 0 bridgehead atoms. The Morgan fingerprint density at radius 1 is 1.12 bits per heavy atom. The van der Waals surface area contributed by atoms with E-state index in [1.54, 1.807) is 13.0 Å². The monoisotopic (exact) mass is 520 g/mol. The molecule has 2 atom stereocenters. The van der Waals surface area contributed by atoms with E-state index in [1.165, 1.54) is 20.3 Å². The lowest BCUT2D eigenvalue weighted by molar-refractivity contribution is -0.118. The summed E-state index contributed by atoms with van der Waals surface area (Å²) in [6.07, 6.45) is 1.50. The van der Waals surface area contributed by atoms with Gasteiger partial charge in [0.1, 0.15) is 28.7 Å². The number of ketones is 2. The van der Waals surface area contributed by atoms with Crippen molar-refractivity contribution in [1.82, 2.24) is 0 Å². The molecule has 1 spiro atoms. The van der Waals surface area contributed by atoms with Crippen LogP contribution in [0.15, 0.2) is 42.2 Å². The number of carbonyl (C=O) groups excluding carboxylic acids is 2. The van der Waals surface area contributed by atoms with E-state index >= 15 is 0 Å². The molecule has 6 nitrogen and oxygen atoms in total. The molecule has 0 fully saturated rings. The SMILES string of the molecule is COc1cc(OC)c2c(c1Cl)OC1(C2=O)C(OCc2ccc(CBr)cc2)=CC(=O)CC1C. The Morgan fingerprint density at radius 2 is 1.78 bits per heavy atom. The van der Waals surface area contributed by atoms with Gasteiger partial charge in [0.15, 0.2) is 17.3 Å². The molecule has 0 amide bonds. The van der Waals surface area contributed by atoms with Crippen molar-refractivity contribution in [2.75, 3.05) is 14.2 Å². The number of ether oxygens (including phenoxy) is 4. The van der Waals surface area contributed by atoms with E-state index in [9.17, 15) is 9.59 Å². The highest BCUT2D eigenvalue weighted by Gasteiger charge is 2.60. The van der Waals surface area contributed by atoms with Gasteiger partial charge in [0.05, 0.1) is 14.2 Å². The number of methoxy groups -OCH3 is 2. The van der Waals surface area contributed by atoms with Gasteiger partial charge in [-0.3, -0.25) is 9.59 Å². The lowest BCUT2D eigenvalue weighted by Gasteiger charge is -2.37. The molecule has 2 unspecified atom stereocenters. The fourth-order valence-electron chi connectivity index (χ4n) is 4.12. The standard InChI is InChI=1S/C24H22BrClO6/c1-13-8-16(27)9-19(31-12-15-6-4-14(11-25)5-7-15)24(13)23(28)20-17(29-2)10-18(30-3)21(26)22(20)32-24/h4-7,9-10,13H,8,11-12H2,1-3H3. The topological polar surface area (TPSA) is 71.1 Å². The van der Waals surface area contributed by atoms with Crippen LogP contribution < -0.4 is 14.2 Å². The third-order valence-corrected chi connectivity index (χ3v) is 6.86. The molecule has 2 aromatic carbocycles. The van der Waals surface area contributed by atoms with Crippen LogP contribution in [0.3, 0.4) is 0 Å². The zero-order chi connectivity index (χ0) is 23.0. The van der Waals surface area contributed by atoms with Crippen molar-refractivity contribution >= 4 is 39.1 Å². The molecule has 1 aliphatic carbocycles. The number of benzene rings is 2. The molecule has 0 N–H and O–H groups in total. The van der Waals surface area contributed by atoms with Crippen molar-refractivity contribution in [3.05, 3.63) is 63.9 Å². The summed E-state index contributed by atoms with van der Waals surface area (Å²) in [5.74, 6) is -0.000689. The third kappa shape index (κ3) is 3.57. The van der Waals surface area contributed by atoms with Crippen LogP contribution in [0, 0.1) is 5.92 Å². The van der Waals surface area contributed by atoms with E-state index < -0.39 is 11.5 Å². The lowest BCUT2D eigenvalue weighted by atomic mass is 9.75. The average Bonchev–Trinajstić information content (AvgIpc) is 3.11. The smallest absolute Gasteiger partial charge is 0.231 e. The second-order valence-corrected chi connectivity index (χ2v) is 8.72. The molecule has 2 aromatic rings. The lowest BCUT2D eigenvalue weighted by Crippen LogP contribution is -2.51. The quantitative estimate of drug-likeness (QED) is 0.482. The van der Waals surface area contributed by atoms with Crippen LogP contribution in [0.4, 0.5) is 0 Å². The summed E-state index contributed by atoms with van der Waals surface area (Å²) in [6.45, 7) is 1.97. The van der Waals surface area contributed by atoms with Crippen LogP contribution in [0.1, 0.15) is 34.8 Å². The highest BCUT2D eigenvalue weighted by atomic mass is 79.9. The van der Waals surface area contributed by atoms with Crippen molar-refractivity contribution in [2.24, 2.45) is 5.92 Å². The third-order valence-electron chi connectivity index (χ3n) is 5.85. The number of fused-ring (bicyclic) bond motifs is 1. The normalized spacial score (nSPS) is 21.8. The van der Waals surface area contributed by atoms with Gasteiger partial charge in [-0.05, 0) is 11.1 Å². The van der Waals surface area contributed by atoms with E-state index in [1.807, 2.05) is 24.3 Å². The van der Waals surface area contributed by atoms with Gasteiger partial charge in [-0.15, -0.1) is 0 Å². The summed E-state index contributed by atoms with van der Waals surface area (Å²) in [5.41, 5.74) is 0.744. The summed E-state index contributed by atoms with van der Waals surface area (Å²) in [5, 5.41) is 0.920. The van der Waals surface area contributed by atoms with E-state index in [4.69, 9.17) is 30.5 Å². The molecule has 0 saturated carbocycles. The average molecular weight is 522 g/mol. The summed E-state index contributed by atoms with van der Waals surface area (Å²) >= 11 is 9.91. The first kappa shape index (κ1) is 22.7. The maximum absolute atomic E-state index is 13.8. The Kier molecular flexibility index (Phi) is 6.23. The molecule has 1 heterocycles. The molecule has 1 aliphatic heterocycles.